The highest BCUT2D eigenvalue weighted by Gasteiger charge is 2.54. The molecule has 0 amide bonds. The molecule has 0 aromatic heterocycles. The number of rotatable bonds is 8. The van der Waals surface area contributed by atoms with Gasteiger partial charge in [0, 0.05) is 12.8 Å². The molecule has 0 bridgehead atoms. The Labute approximate surface area is 140 Å². The lowest BCUT2D eigenvalue weighted by molar-refractivity contribution is 0.315. The Morgan fingerprint density at radius 1 is 1.23 bits per heavy atom. The fourth-order valence-electron chi connectivity index (χ4n) is 3.68. The highest BCUT2D eigenvalue weighted by Crippen LogP contribution is 2.63. The van der Waals surface area contributed by atoms with Gasteiger partial charge in [-0.3, -0.25) is 0 Å². The molecule has 0 nitrogen and oxygen atoms in total. The van der Waals surface area contributed by atoms with Crippen LogP contribution in [-0.4, -0.2) is 0 Å². The molecule has 0 heteroatoms. The zero-order chi connectivity index (χ0) is 16.8. The van der Waals surface area contributed by atoms with Crippen LogP contribution >= 0.6 is 0 Å². The fraction of sp³-hybridized carbons (Fsp3) is 0.818. The van der Waals surface area contributed by atoms with Crippen LogP contribution in [0.5, 0.6) is 0 Å². The standard InChI is InChI=1S/C22H38/c1-8-12-18(5)13-10-11-14-21-16-22(21,20(7)9-2)15-19(6)17(3)4/h9,17-19,21H,8,12-16H2,1-7H3. The van der Waals surface area contributed by atoms with Gasteiger partial charge in [0.2, 0.25) is 0 Å². The first kappa shape index (κ1) is 19.3. The molecule has 4 atom stereocenters. The van der Waals surface area contributed by atoms with Crippen molar-refractivity contribution in [1.29, 1.82) is 0 Å². The maximum absolute atomic E-state index is 3.50. The molecule has 4 unspecified atom stereocenters. The third-order valence-corrected chi connectivity index (χ3v) is 5.98. The molecule has 0 N–H and O–H groups in total. The van der Waals surface area contributed by atoms with E-state index in [1.165, 1.54) is 25.7 Å². The van der Waals surface area contributed by atoms with E-state index in [1.807, 2.05) is 0 Å². The molecule has 126 valence electrons. The van der Waals surface area contributed by atoms with Gasteiger partial charge in [-0.15, -0.1) is 11.8 Å². The van der Waals surface area contributed by atoms with Crippen molar-refractivity contribution in [3.63, 3.8) is 0 Å². The lowest BCUT2D eigenvalue weighted by Crippen LogP contribution is -2.15. The van der Waals surface area contributed by atoms with Gasteiger partial charge < -0.3 is 0 Å². The molecule has 0 aliphatic heterocycles. The minimum absolute atomic E-state index is 0.474. The molecular formula is C22H38. The summed E-state index contributed by atoms with van der Waals surface area (Å²) in [6.07, 6.45) is 9.82. The van der Waals surface area contributed by atoms with E-state index >= 15 is 0 Å². The summed E-state index contributed by atoms with van der Waals surface area (Å²) in [4.78, 5) is 0. The number of hydrogen-bond donors (Lipinski definition) is 0. The van der Waals surface area contributed by atoms with E-state index in [1.54, 1.807) is 5.57 Å². The quantitative estimate of drug-likeness (QED) is 0.339. The maximum Gasteiger partial charge on any atom is 0.0126 e. The van der Waals surface area contributed by atoms with Crippen molar-refractivity contribution < 1.29 is 0 Å². The molecule has 0 heterocycles. The largest absolute Gasteiger partial charge is 0.103 e. The Hall–Kier alpha value is -0.700. The molecule has 0 spiro atoms. The molecule has 0 aromatic carbocycles. The van der Waals surface area contributed by atoms with Crippen LogP contribution in [-0.2, 0) is 0 Å². The zero-order valence-electron chi connectivity index (χ0n) is 16.1. The second-order valence-corrected chi connectivity index (χ2v) is 8.11. The van der Waals surface area contributed by atoms with Crippen LogP contribution in [0, 0.1) is 40.9 Å². The SMILES string of the molecule is CC=C(C)C1(CC(C)C(C)C)CC1CC#CCC(C)CCC. The van der Waals surface area contributed by atoms with Crippen molar-refractivity contribution in [1.82, 2.24) is 0 Å². The summed E-state index contributed by atoms with van der Waals surface area (Å²) in [5, 5.41) is 0. The second kappa shape index (κ2) is 8.81. The third kappa shape index (κ3) is 5.19. The van der Waals surface area contributed by atoms with Gasteiger partial charge in [-0.2, -0.15) is 0 Å². The molecule has 22 heavy (non-hydrogen) atoms. The Kier molecular flexibility index (Phi) is 7.75. The van der Waals surface area contributed by atoms with Crippen LogP contribution < -0.4 is 0 Å². The Morgan fingerprint density at radius 2 is 1.91 bits per heavy atom. The van der Waals surface area contributed by atoms with Crippen molar-refractivity contribution in [2.24, 2.45) is 29.1 Å². The van der Waals surface area contributed by atoms with Crippen LogP contribution in [0.1, 0.15) is 87.0 Å². The third-order valence-electron chi connectivity index (χ3n) is 5.98. The molecule has 1 rings (SSSR count). The highest BCUT2D eigenvalue weighted by atomic mass is 14.6. The lowest BCUT2D eigenvalue weighted by Gasteiger charge is -2.25. The Morgan fingerprint density at radius 3 is 2.45 bits per heavy atom. The van der Waals surface area contributed by atoms with Gasteiger partial charge in [-0.25, -0.2) is 0 Å². The van der Waals surface area contributed by atoms with Crippen molar-refractivity contribution in [2.45, 2.75) is 87.0 Å². The van der Waals surface area contributed by atoms with Crippen LogP contribution in [0.3, 0.4) is 0 Å². The van der Waals surface area contributed by atoms with E-state index < -0.39 is 0 Å². The summed E-state index contributed by atoms with van der Waals surface area (Å²) in [6, 6.07) is 0. The molecule has 0 aromatic rings. The normalized spacial score (nSPS) is 27.3. The fourth-order valence-corrected chi connectivity index (χ4v) is 3.68. The summed E-state index contributed by atoms with van der Waals surface area (Å²) >= 11 is 0. The van der Waals surface area contributed by atoms with Crippen LogP contribution in [0.2, 0.25) is 0 Å². The Bertz CT molecular complexity index is 417. The molecule has 1 saturated carbocycles. The first-order chi connectivity index (χ1) is 10.4. The molecule has 1 fully saturated rings. The van der Waals surface area contributed by atoms with Gasteiger partial charge in [0.15, 0.2) is 0 Å². The van der Waals surface area contributed by atoms with E-state index in [0.29, 0.717) is 5.41 Å². The van der Waals surface area contributed by atoms with Crippen molar-refractivity contribution in [3.8, 4) is 11.8 Å². The van der Waals surface area contributed by atoms with Crippen molar-refractivity contribution in [2.75, 3.05) is 0 Å². The predicted molar refractivity (Wildman–Crippen MR) is 99.7 cm³/mol. The molecule has 1 aliphatic carbocycles. The van der Waals surface area contributed by atoms with Gasteiger partial charge in [0.05, 0.1) is 0 Å². The predicted octanol–water partition coefficient (Wildman–Crippen LogP) is 6.86. The van der Waals surface area contributed by atoms with Crippen LogP contribution in [0.25, 0.3) is 0 Å². The summed E-state index contributed by atoms with van der Waals surface area (Å²) in [5.41, 5.74) is 2.08. The topological polar surface area (TPSA) is 0 Å². The Balaban J connectivity index is 2.57. The number of allylic oxidation sites excluding steroid dienone is 2. The summed E-state index contributed by atoms with van der Waals surface area (Å²) in [5.74, 6) is 10.1. The van der Waals surface area contributed by atoms with Gasteiger partial charge in [-0.1, -0.05) is 59.1 Å². The van der Waals surface area contributed by atoms with E-state index in [0.717, 1.165) is 36.5 Å². The molecule has 1 aliphatic rings. The number of hydrogen-bond acceptors (Lipinski definition) is 0. The van der Waals surface area contributed by atoms with E-state index in [-0.39, 0.29) is 0 Å². The summed E-state index contributed by atoms with van der Waals surface area (Å²) in [7, 11) is 0. The summed E-state index contributed by atoms with van der Waals surface area (Å²) < 4.78 is 0. The van der Waals surface area contributed by atoms with Crippen LogP contribution in [0.4, 0.5) is 0 Å². The second-order valence-electron chi connectivity index (χ2n) is 8.11. The van der Waals surface area contributed by atoms with Crippen LogP contribution in [0.15, 0.2) is 11.6 Å². The minimum atomic E-state index is 0.474. The lowest BCUT2D eigenvalue weighted by atomic mass is 9.80. The zero-order valence-corrected chi connectivity index (χ0v) is 16.1. The smallest absolute Gasteiger partial charge is 0.0126 e. The molecule has 0 radical (unpaired) electrons. The monoisotopic (exact) mass is 302 g/mol. The first-order valence-electron chi connectivity index (χ1n) is 9.46. The average molecular weight is 303 g/mol. The van der Waals surface area contributed by atoms with Gasteiger partial charge in [0.1, 0.15) is 0 Å². The minimum Gasteiger partial charge on any atom is -0.103 e. The van der Waals surface area contributed by atoms with Crippen molar-refractivity contribution in [3.05, 3.63) is 11.6 Å². The van der Waals surface area contributed by atoms with E-state index in [9.17, 15) is 0 Å². The first-order valence-corrected chi connectivity index (χ1v) is 9.46. The van der Waals surface area contributed by atoms with E-state index in [4.69, 9.17) is 0 Å². The summed E-state index contributed by atoms with van der Waals surface area (Å²) in [6.45, 7) is 16.3. The average Bonchev–Trinajstić information content (AvgIpc) is 3.17. The maximum atomic E-state index is 3.50. The molecule has 0 saturated heterocycles. The van der Waals surface area contributed by atoms with Gasteiger partial charge in [0.25, 0.3) is 0 Å². The van der Waals surface area contributed by atoms with Crippen molar-refractivity contribution >= 4 is 0 Å². The van der Waals surface area contributed by atoms with Gasteiger partial charge in [-0.05, 0) is 55.8 Å². The van der Waals surface area contributed by atoms with E-state index in [2.05, 4.69) is 66.4 Å². The highest BCUT2D eigenvalue weighted by molar-refractivity contribution is 5.25. The molecular weight excluding hydrogens is 264 g/mol. The van der Waals surface area contributed by atoms with Gasteiger partial charge >= 0.3 is 0 Å².